The molecule has 2 heterocycles. The Bertz CT molecular complexity index is 2930. The Kier molecular flexibility index (Phi) is 6.66. The molecule has 0 fully saturated rings. The summed E-state index contributed by atoms with van der Waals surface area (Å²) in [5.41, 5.74) is 12.4. The van der Waals surface area contributed by atoms with Crippen LogP contribution in [0.25, 0.3) is 77.2 Å². The fourth-order valence-corrected chi connectivity index (χ4v) is 7.44. The van der Waals surface area contributed by atoms with E-state index in [1.165, 1.54) is 6.21 Å². The van der Waals surface area contributed by atoms with E-state index in [0.29, 0.717) is 11.1 Å². The summed E-state index contributed by atoms with van der Waals surface area (Å²) in [4.78, 5) is 0. The van der Waals surface area contributed by atoms with E-state index in [1.54, 1.807) is 0 Å². The van der Waals surface area contributed by atoms with Gasteiger partial charge in [-0.1, -0.05) is 78.9 Å². The van der Waals surface area contributed by atoms with Crippen LogP contribution < -0.4 is 0 Å². The first kappa shape index (κ1) is 29.0. The lowest BCUT2D eigenvalue weighted by atomic mass is 9.94. The van der Waals surface area contributed by atoms with E-state index in [2.05, 4.69) is 94.1 Å². The van der Waals surface area contributed by atoms with Crippen molar-refractivity contribution in [2.24, 2.45) is 0 Å². The van der Waals surface area contributed by atoms with Crippen LogP contribution in [0.3, 0.4) is 0 Å². The number of nitrogens with one attached hydrogen (secondary N) is 1. The highest BCUT2D eigenvalue weighted by Crippen LogP contribution is 2.40. The Morgan fingerprint density at radius 1 is 0.460 bits per heavy atom. The van der Waals surface area contributed by atoms with Gasteiger partial charge in [-0.15, -0.1) is 0 Å². The number of rotatable bonds is 5. The van der Waals surface area contributed by atoms with Crippen molar-refractivity contribution in [1.82, 2.24) is 9.13 Å². The first-order valence-corrected chi connectivity index (χ1v) is 16.4. The molecule has 0 bridgehead atoms. The van der Waals surface area contributed by atoms with Crippen LogP contribution in [0.5, 0.6) is 0 Å². The summed E-state index contributed by atoms with van der Waals surface area (Å²) < 4.78 is 4.54. The third-order valence-electron chi connectivity index (χ3n) is 9.68. The Labute approximate surface area is 288 Å². The van der Waals surface area contributed by atoms with Gasteiger partial charge in [0.15, 0.2) is 0 Å². The van der Waals surface area contributed by atoms with Crippen molar-refractivity contribution in [2.45, 2.75) is 0 Å². The van der Waals surface area contributed by atoms with Crippen molar-refractivity contribution in [3.63, 3.8) is 0 Å². The van der Waals surface area contributed by atoms with E-state index in [1.807, 2.05) is 78.9 Å². The molecule has 0 radical (unpaired) electrons. The third kappa shape index (κ3) is 4.43. The zero-order valence-electron chi connectivity index (χ0n) is 26.8. The monoisotopic (exact) mass is 637 g/mol. The normalized spacial score (nSPS) is 11.2. The van der Waals surface area contributed by atoms with Gasteiger partial charge in [-0.25, -0.2) is 0 Å². The molecular formula is C45H27N5. The number of para-hydroxylation sites is 2. The molecule has 5 nitrogen and oxygen atoms in total. The smallest absolute Gasteiger partial charge is 0.0991 e. The summed E-state index contributed by atoms with van der Waals surface area (Å²) in [6.07, 6.45) is 1.41. The molecule has 9 aromatic rings. The van der Waals surface area contributed by atoms with Crippen LogP contribution in [0, 0.1) is 28.1 Å². The van der Waals surface area contributed by atoms with Crippen LogP contribution in [0.4, 0.5) is 0 Å². The van der Waals surface area contributed by atoms with Gasteiger partial charge < -0.3 is 14.5 Å². The van der Waals surface area contributed by atoms with Crippen molar-refractivity contribution in [2.75, 3.05) is 0 Å². The summed E-state index contributed by atoms with van der Waals surface area (Å²) in [7, 11) is 0. The number of hydrogen-bond donors (Lipinski definition) is 1. The van der Waals surface area contributed by atoms with E-state index in [-0.39, 0.29) is 0 Å². The first-order chi connectivity index (χ1) is 24.7. The maximum Gasteiger partial charge on any atom is 0.0991 e. The van der Waals surface area contributed by atoms with Gasteiger partial charge in [0.25, 0.3) is 0 Å². The topological polar surface area (TPSA) is 81.3 Å². The molecule has 9 rings (SSSR count). The number of hydrogen-bond acceptors (Lipinski definition) is 3. The second-order valence-corrected chi connectivity index (χ2v) is 12.4. The molecule has 50 heavy (non-hydrogen) atoms. The second kappa shape index (κ2) is 11.5. The zero-order chi connectivity index (χ0) is 33.8. The summed E-state index contributed by atoms with van der Waals surface area (Å²) in [5, 5.41) is 31.9. The average Bonchev–Trinajstić information content (AvgIpc) is 3.69. The van der Waals surface area contributed by atoms with Gasteiger partial charge in [0, 0.05) is 39.0 Å². The third-order valence-corrected chi connectivity index (χ3v) is 9.68. The Balaban J connectivity index is 1.28. The fourth-order valence-electron chi connectivity index (χ4n) is 7.44. The van der Waals surface area contributed by atoms with E-state index in [9.17, 15) is 10.5 Å². The molecule has 1 N–H and O–H groups in total. The quantitative estimate of drug-likeness (QED) is 0.191. The van der Waals surface area contributed by atoms with Gasteiger partial charge >= 0.3 is 0 Å². The lowest BCUT2D eigenvalue weighted by Crippen LogP contribution is -2.00. The summed E-state index contributed by atoms with van der Waals surface area (Å²) in [5.74, 6) is 0. The predicted molar refractivity (Wildman–Crippen MR) is 203 cm³/mol. The molecule has 0 aliphatic heterocycles. The highest BCUT2D eigenvalue weighted by Gasteiger charge is 2.19. The highest BCUT2D eigenvalue weighted by atomic mass is 15.0. The standard InChI is InChI=1S/C45H27N5/c46-26-29-16-19-43-38(22-29)36-12-3-5-14-41(36)49(43)34-10-7-9-31(24-34)32-18-21-45(40(25-32)35-11-2-1-8-33(35)28-48)50-42-15-6-4-13-37(42)39-23-30(27-47)17-20-44(39)50/h1-25,28,48H. The van der Waals surface area contributed by atoms with E-state index < -0.39 is 0 Å². The van der Waals surface area contributed by atoms with E-state index in [4.69, 9.17) is 5.41 Å². The molecular weight excluding hydrogens is 611 g/mol. The first-order valence-electron chi connectivity index (χ1n) is 16.4. The van der Waals surface area contributed by atoms with Crippen molar-refractivity contribution < 1.29 is 0 Å². The molecule has 0 spiro atoms. The minimum atomic E-state index is 0.624. The average molecular weight is 638 g/mol. The molecule has 0 unspecified atom stereocenters. The van der Waals surface area contributed by atoms with Crippen LogP contribution in [-0.2, 0) is 0 Å². The summed E-state index contributed by atoms with van der Waals surface area (Å²) in [6.45, 7) is 0. The van der Waals surface area contributed by atoms with Gasteiger partial charge in [-0.3, -0.25) is 0 Å². The molecule has 232 valence electrons. The van der Waals surface area contributed by atoms with Crippen molar-refractivity contribution >= 4 is 49.8 Å². The van der Waals surface area contributed by atoms with Crippen molar-refractivity contribution in [3.05, 3.63) is 168 Å². The zero-order valence-corrected chi connectivity index (χ0v) is 26.8. The number of aromatic nitrogens is 2. The van der Waals surface area contributed by atoms with Crippen LogP contribution in [0.15, 0.2) is 152 Å². The maximum absolute atomic E-state index is 9.70. The molecule has 7 aromatic carbocycles. The molecule has 0 aliphatic rings. The fraction of sp³-hybridized carbons (Fsp3) is 0. The van der Waals surface area contributed by atoms with Gasteiger partial charge in [0.1, 0.15) is 0 Å². The molecule has 0 aliphatic carbocycles. The molecule has 5 heteroatoms. The van der Waals surface area contributed by atoms with Crippen molar-refractivity contribution in [3.8, 4) is 45.8 Å². The van der Waals surface area contributed by atoms with Crippen molar-refractivity contribution in [1.29, 1.82) is 15.9 Å². The Hall–Kier alpha value is -7.21. The largest absolute Gasteiger partial charge is 0.309 e. The van der Waals surface area contributed by atoms with E-state index in [0.717, 1.165) is 82.8 Å². The Morgan fingerprint density at radius 2 is 1.04 bits per heavy atom. The Morgan fingerprint density at radius 3 is 1.72 bits per heavy atom. The number of nitriles is 2. The van der Waals surface area contributed by atoms with Crippen LogP contribution in [-0.4, -0.2) is 15.3 Å². The summed E-state index contributed by atoms with van der Waals surface area (Å²) in [6, 6.07) is 56.2. The van der Waals surface area contributed by atoms with Gasteiger partial charge in [0.05, 0.1) is 51.0 Å². The number of benzene rings is 7. The van der Waals surface area contributed by atoms with Crippen LogP contribution >= 0.6 is 0 Å². The minimum Gasteiger partial charge on any atom is -0.309 e. The lowest BCUT2D eigenvalue weighted by Gasteiger charge is -2.18. The number of fused-ring (bicyclic) bond motifs is 6. The minimum absolute atomic E-state index is 0.624. The maximum atomic E-state index is 9.70. The molecule has 0 saturated carbocycles. The molecule has 2 aromatic heterocycles. The predicted octanol–water partition coefficient (Wildman–Crippen LogP) is 11.0. The molecule has 0 amide bonds. The molecule has 0 atom stereocenters. The lowest BCUT2D eigenvalue weighted by molar-refractivity contribution is 1.18. The van der Waals surface area contributed by atoms with Crippen LogP contribution in [0.2, 0.25) is 0 Å². The van der Waals surface area contributed by atoms with E-state index >= 15 is 0 Å². The van der Waals surface area contributed by atoms with Gasteiger partial charge in [0.2, 0.25) is 0 Å². The van der Waals surface area contributed by atoms with Gasteiger partial charge in [-0.2, -0.15) is 10.5 Å². The highest BCUT2D eigenvalue weighted by molar-refractivity contribution is 6.11. The molecule has 0 saturated heterocycles. The summed E-state index contributed by atoms with van der Waals surface area (Å²) >= 11 is 0. The SMILES string of the molecule is N#Cc1ccc2c(c1)c1ccccc1n2-c1cccc(-c2ccc(-n3c4ccccc4c4cc(C#N)ccc43)c(-c3ccccc3C=N)c2)c1. The number of nitrogens with zero attached hydrogens (tertiary/aromatic N) is 4. The second-order valence-electron chi connectivity index (χ2n) is 12.4. The van der Waals surface area contributed by atoms with Gasteiger partial charge in [-0.05, 0) is 95.1 Å². The van der Waals surface area contributed by atoms with Crippen LogP contribution in [0.1, 0.15) is 16.7 Å².